The summed E-state index contributed by atoms with van der Waals surface area (Å²) in [5.41, 5.74) is 6.51. The number of hydrogen-bond acceptors (Lipinski definition) is 5. The number of methoxy groups -OCH3 is 1. The van der Waals surface area contributed by atoms with E-state index in [9.17, 15) is 4.79 Å². The highest BCUT2D eigenvalue weighted by molar-refractivity contribution is 5.80. The quantitative estimate of drug-likeness (QED) is 0.448. The molecule has 35 heavy (non-hydrogen) atoms. The van der Waals surface area contributed by atoms with Gasteiger partial charge in [0.2, 0.25) is 5.91 Å². The van der Waals surface area contributed by atoms with E-state index in [1.165, 1.54) is 11.1 Å². The van der Waals surface area contributed by atoms with Gasteiger partial charge in [-0.2, -0.15) is 5.10 Å². The molecule has 1 N–H and O–H groups in total. The summed E-state index contributed by atoms with van der Waals surface area (Å²) in [6.45, 7) is 6.26. The Labute approximate surface area is 205 Å². The predicted octanol–water partition coefficient (Wildman–Crippen LogP) is 4.55. The maximum Gasteiger partial charge on any atom is 0.223 e. The molecule has 1 aliphatic rings. The van der Waals surface area contributed by atoms with Crippen molar-refractivity contribution in [1.29, 1.82) is 0 Å². The fraction of sp³-hybridized carbons (Fsp3) is 0.321. The van der Waals surface area contributed by atoms with E-state index >= 15 is 0 Å². The maximum atomic E-state index is 12.8. The second kappa shape index (κ2) is 9.78. The van der Waals surface area contributed by atoms with E-state index in [0.717, 1.165) is 59.8 Å². The molecule has 1 saturated heterocycles. The number of piperidine rings is 1. The lowest BCUT2D eigenvalue weighted by molar-refractivity contribution is -0.125. The highest BCUT2D eigenvalue weighted by Crippen LogP contribution is 2.30. The van der Waals surface area contributed by atoms with Crippen molar-refractivity contribution in [3.05, 3.63) is 77.6 Å². The molecule has 0 spiro atoms. The Balaban J connectivity index is 1.27. The van der Waals surface area contributed by atoms with Crippen molar-refractivity contribution in [3.63, 3.8) is 0 Å². The second-order valence-corrected chi connectivity index (χ2v) is 9.22. The van der Waals surface area contributed by atoms with Gasteiger partial charge in [0.15, 0.2) is 5.82 Å². The van der Waals surface area contributed by atoms with Gasteiger partial charge in [-0.25, -0.2) is 9.50 Å². The number of fused-ring (bicyclic) bond motifs is 1. The third-order valence-electron chi connectivity index (χ3n) is 6.84. The Hall–Kier alpha value is -3.87. The van der Waals surface area contributed by atoms with Crippen LogP contribution in [0, 0.1) is 19.8 Å². The van der Waals surface area contributed by atoms with Gasteiger partial charge in [-0.05, 0) is 44.4 Å². The molecular weight excluding hydrogens is 438 g/mol. The first kappa shape index (κ1) is 22.9. The smallest absolute Gasteiger partial charge is 0.223 e. The number of aryl methyl sites for hydroxylation is 2. The number of ether oxygens (including phenoxy) is 1. The van der Waals surface area contributed by atoms with Crippen molar-refractivity contribution in [3.8, 4) is 17.0 Å². The van der Waals surface area contributed by atoms with Gasteiger partial charge in [-0.15, -0.1) is 0 Å². The number of carbonyl (C=O) groups is 1. The highest BCUT2D eigenvalue weighted by Gasteiger charge is 2.27. The normalized spacial score (nSPS) is 14.3. The SMILES string of the molecule is COc1ccccc1CNC(=O)C1CCN(c2nccn3nc(-c4ccc(C)cc4C)cc23)CC1. The van der Waals surface area contributed by atoms with E-state index in [0.29, 0.717) is 6.54 Å². The number of nitrogens with one attached hydrogen (secondary N) is 1. The zero-order valence-corrected chi connectivity index (χ0v) is 20.5. The average Bonchev–Trinajstić information content (AvgIpc) is 3.31. The summed E-state index contributed by atoms with van der Waals surface area (Å²) in [5.74, 6) is 1.81. The molecule has 0 saturated carbocycles. The number of amides is 1. The van der Waals surface area contributed by atoms with Gasteiger partial charge in [0.1, 0.15) is 11.3 Å². The van der Waals surface area contributed by atoms with Crippen molar-refractivity contribution < 1.29 is 9.53 Å². The molecule has 1 aliphatic heterocycles. The van der Waals surface area contributed by atoms with Crippen LogP contribution in [0.1, 0.15) is 29.5 Å². The minimum absolute atomic E-state index is 0.00336. The zero-order valence-electron chi connectivity index (χ0n) is 20.5. The average molecular weight is 470 g/mol. The molecule has 0 bridgehead atoms. The van der Waals surface area contributed by atoms with Crippen molar-refractivity contribution in [1.82, 2.24) is 19.9 Å². The van der Waals surface area contributed by atoms with Gasteiger partial charge in [-0.3, -0.25) is 4.79 Å². The van der Waals surface area contributed by atoms with Crippen LogP contribution in [-0.2, 0) is 11.3 Å². The third kappa shape index (κ3) is 4.71. The van der Waals surface area contributed by atoms with Crippen LogP contribution in [0.3, 0.4) is 0 Å². The number of aromatic nitrogens is 3. The lowest BCUT2D eigenvalue weighted by atomic mass is 9.95. The predicted molar refractivity (Wildman–Crippen MR) is 138 cm³/mol. The molecule has 5 rings (SSSR count). The Bertz CT molecular complexity index is 1350. The first-order valence-corrected chi connectivity index (χ1v) is 12.1. The summed E-state index contributed by atoms with van der Waals surface area (Å²) in [4.78, 5) is 19.8. The molecule has 7 nitrogen and oxygen atoms in total. The summed E-state index contributed by atoms with van der Waals surface area (Å²) in [5, 5.41) is 7.91. The number of rotatable bonds is 6. The Morgan fingerprint density at radius 2 is 1.91 bits per heavy atom. The van der Waals surface area contributed by atoms with Gasteiger partial charge in [0.05, 0.1) is 12.8 Å². The summed E-state index contributed by atoms with van der Waals surface area (Å²) in [6, 6.07) is 16.3. The van der Waals surface area contributed by atoms with Crippen LogP contribution in [0.5, 0.6) is 5.75 Å². The van der Waals surface area contributed by atoms with Crippen LogP contribution in [0.4, 0.5) is 5.82 Å². The zero-order chi connectivity index (χ0) is 24.4. The van der Waals surface area contributed by atoms with Gasteiger partial charge in [0, 0.05) is 49.1 Å². The largest absolute Gasteiger partial charge is 0.496 e. The van der Waals surface area contributed by atoms with Crippen LogP contribution in [-0.4, -0.2) is 40.7 Å². The molecule has 2 aromatic heterocycles. The van der Waals surface area contributed by atoms with Crippen LogP contribution in [0.2, 0.25) is 0 Å². The summed E-state index contributed by atoms with van der Waals surface area (Å²) >= 11 is 0. The molecule has 1 fully saturated rings. The lowest BCUT2D eigenvalue weighted by Gasteiger charge is -2.32. The summed E-state index contributed by atoms with van der Waals surface area (Å²) in [7, 11) is 1.65. The monoisotopic (exact) mass is 469 g/mol. The van der Waals surface area contributed by atoms with Crippen molar-refractivity contribution in [2.24, 2.45) is 5.92 Å². The van der Waals surface area contributed by atoms with Crippen LogP contribution >= 0.6 is 0 Å². The fourth-order valence-electron chi connectivity index (χ4n) is 4.91. The van der Waals surface area contributed by atoms with Gasteiger partial charge in [0.25, 0.3) is 0 Å². The number of nitrogens with zero attached hydrogens (tertiary/aromatic N) is 4. The standard InChI is InChI=1S/C28H31N5O2/c1-19-8-9-23(20(2)16-19)24-17-25-27(29-12-15-33(25)31-24)32-13-10-21(11-14-32)28(34)30-18-22-6-4-5-7-26(22)35-3/h4-9,12,15-17,21H,10-11,13-14,18H2,1-3H3,(H,30,34). The Morgan fingerprint density at radius 1 is 1.11 bits per heavy atom. The Morgan fingerprint density at radius 3 is 2.69 bits per heavy atom. The van der Waals surface area contributed by atoms with E-state index in [-0.39, 0.29) is 11.8 Å². The molecule has 1 amide bonds. The molecule has 0 radical (unpaired) electrons. The second-order valence-electron chi connectivity index (χ2n) is 9.22. The number of para-hydroxylation sites is 1. The number of hydrogen-bond donors (Lipinski definition) is 1. The molecule has 4 aromatic rings. The molecule has 0 atom stereocenters. The molecule has 7 heteroatoms. The van der Waals surface area contributed by atoms with Crippen molar-refractivity contribution >= 4 is 17.2 Å². The number of carbonyl (C=O) groups excluding carboxylic acids is 1. The van der Waals surface area contributed by atoms with Crippen LogP contribution in [0.15, 0.2) is 60.9 Å². The molecule has 180 valence electrons. The van der Waals surface area contributed by atoms with Crippen molar-refractivity contribution in [2.45, 2.75) is 33.2 Å². The third-order valence-corrected chi connectivity index (χ3v) is 6.84. The molecule has 0 unspecified atom stereocenters. The van der Waals surface area contributed by atoms with E-state index in [1.54, 1.807) is 13.3 Å². The van der Waals surface area contributed by atoms with Crippen molar-refractivity contribution in [2.75, 3.05) is 25.1 Å². The Kier molecular flexibility index (Phi) is 6.40. The first-order valence-electron chi connectivity index (χ1n) is 12.1. The van der Waals surface area contributed by atoms with Crippen LogP contribution < -0.4 is 15.0 Å². The topological polar surface area (TPSA) is 71.8 Å². The molecule has 2 aromatic carbocycles. The van der Waals surface area contributed by atoms with Gasteiger partial charge in [-0.1, -0.05) is 42.0 Å². The van der Waals surface area contributed by atoms with Crippen LogP contribution in [0.25, 0.3) is 16.8 Å². The molecule has 3 heterocycles. The van der Waals surface area contributed by atoms with E-state index in [2.05, 4.69) is 53.3 Å². The van der Waals surface area contributed by atoms with Gasteiger partial charge >= 0.3 is 0 Å². The van der Waals surface area contributed by atoms with E-state index in [1.807, 2.05) is 35.0 Å². The minimum atomic E-state index is -0.00336. The lowest BCUT2D eigenvalue weighted by Crippen LogP contribution is -2.40. The van der Waals surface area contributed by atoms with E-state index in [4.69, 9.17) is 9.84 Å². The van der Waals surface area contributed by atoms with E-state index < -0.39 is 0 Å². The fourth-order valence-corrected chi connectivity index (χ4v) is 4.91. The maximum absolute atomic E-state index is 12.8. The summed E-state index contributed by atoms with van der Waals surface area (Å²) in [6.07, 6.45) is 5.27. The number of benzene rings is 2. The molecular formula is C28H31N5O2. The minimum Gasteiger partial charge on any atom is -0.496 e. The summed E-state index contributed by atoms with van der Waals surface area (Å²) < 4.78 is 7.30. The highest BCUT2D eigenvalue weighted by atomic mass is 16.5. The number of anilines is 1. The van der Waals surface area contributed by atoms with Gasteiger partial charge < -0.3 is 15.0 Å². The molecule has 0 aliphatic carbocycles. The first-order chi connectivity index (χ1) is 17.0.